The zero-order valence-corrected chi connectivity index (χ0v) is 30.0. The molecule has 0 atom stereocenters. The number of pyridine rings is 2. The molecule has 6 aromatic rings. The predicted molar refractivity (Wildman–Crippen MR) is 203 cm³/mol. The van der Waals surface area contributed by atoms with Crippen molar-refractivity contribution < 1.29 is 0 Å². The summed E-state index contributed by atoms with van der Waals surface area (Å²) in [5.41, 5.74) is 12.6. The summed E-state index contributed by atoms with van der Waals surface area (Å²) in [7, 11) is -1.75. The molecule has 6 rings (SSSR count). The number of benzene rings is 4. The molecule has 0 aliphatic rings. The van der Waals surface area contributed by atoms with Gasteiger partial charge in [0.1, 0.15) is 0 Å². The van der Waals surface area contributed by atoms with E-state index in [1.807, 2.05) is 12.4 Å². The smallest absolute Gasteiger partial charge is 0.0353 e. The van der Waals surface area contributed by atoms with Gasteiger partial charge in [0.05, 0.1) is 0 Å². The van der Waals surface area contributed by atoms with Gasteiger partial charge in [0.25, 0.3) is 0 Å². The van der Waals surface area contributed by atoms with Crippen molar-refractivity contribution in [3.8, 4) is 11.1 Å². The quantitative estimate of drug-likeness (QED) is 0.166. The van der Waals surface area contributed by atoms with Gasteiger partial charge in [-0.25, -0.2) is 0 Å². The molecule has 0 saturated heterocycles. The number of nitrogens with zero attached hydrogens (tertiary/aromatic N) is 2. The van der Waals surface area contributed by atoms with E-state index in [1.54, 1.807) is 0 Å². The fourth-order valence-corrected chi connectivity index (χ4v) is 12.4. The molecule has 0 saturated carbocycles. The van der Waals surface area contributed by atoms with E-state index >= 15 is 0 Å². The van der Waals surface area contributed by atoms with E-state index < -0.39 is 15.8 Å². The van der Waals surface area contributed by atoms with Gasteiger partial charge in [0, 0.05) is 35.9 Å². The van der Waals surface area contributed by atoms with E-state index in [2.05, 4.69) is 153 Å². The van der Waals surface area contributed by atoms with Crippen LogP contribution in [0, 0.1) is 55.4 Å². The lowest BCUT2D eigenvalue weighted by Gasteiger charge is -2.27. The second-order valence-corrected chi connectivity index (χ2v) is 17.2. The average Bonchev–Trinajstić information content (AvgIpc) is 2.96. The molecule has 0 aliphatic heterocycles. The molecule has 4 aromatic carbocycles. The summed E-state index contributed by atoms with van der Waals surface area (Å²) in [6.07, 6.45) is 8.08. The van der Waals surface area contributed by atoms with E-state index in [9.17, 15) is 0 Å². The summed E-state index contributed by atoms with van der Waals surface area (Å²) >= 11 is 0. The molecule has 0 spiro atoms. The summed E-state index contributed by atoms with van der Waals surface area (Å²) < 4.78 is 0. The Labute approximate surface area is 277 Å². The first kappa shape index (κ1) is 32.0. The Kier molecular flexibility index (Phi) is 9.33. The molecule has 0 fully saturated rings. The van der Waals surface area contributed by atoms with Crippen LogP contribution in [0.3, 0.4) is 0 Å². The van der Waals surface area contributed by atoms with Crippen LogP contribution >= 0.6 is 15.8 Å². The number of hydrogen-bond acceptors (Lipinski definition) is 2. The van der Waals surface area contributed by atoms with Crippen LogP contribution in [0.2, 0.25) is 0 Å². The van der Waals surface area contributed by atoms with Crippen LogP contribution in [0.4, 0.5) is 0 Å². The maximum atomic E-state index is 4.75. The fourth-order valence-electron chi connectivity index (χ4n) is 6.75. The third-order valence-electron chi connectivity index (χ3n) is 8.23. The molecular formula is C42H42N2P2. The highest BCUT2D eigenvalue weighted by Crippen LogP contribution is 2.41. The Morgan fingerprint density at radius 1 is 0.348 bits per heavy atom. The van der Waals surface area contributed by atoms with Gasteiger partial charge >= 0.3 is 0 Å². The highest BCUT2D eigenvalue weighted by atomic mass is 31.1. The zero-order valence-electron chi connectivity index (χ0n) is 28.2. The predicted octanol–water partition coefficient (Wildman–Crippen LogP) is 8.13. The first-order valence-electron chi connectivity index (χ1n) is 15.9. The van der Waals surface area contributed by atoms with Gasteiger partial charge in [-0.15, -0.1) is 0 Å². The average molecular weight is 637 g/mol. The van der Waals surface area contributed by atoms with Crippen molar-refractivity contribution >= 4 is 47.7 Å². The zero-order chi connectivity index (χ0) is 32.5. The summed E-state index contributed by atoms with van der Waals surface area (Å²) in [5.74, 6) is 0. The number of aromatic nitrogens is 2. The number of hydrogen-bond donors (Lipinski definition) is 0. The second-order valence-electron chi connectivity index (χ2n) is 12.8. The molecule has 230 valence electrons. The number of aryl methyl sites for hydroxylation is 8. The molecule has 46 heavy (non-hydrogen) atoms. The standard InChI is InChI=1S/C42H42N2P2/c1-27-13-28(2)18-35(17-27)45(36-19-29(3)14-30(4)20-36)41-9-11-43-25-39(41)40-26-44-12-10-42(40)46(37-21-31(5)15-32(6)22-37)38-23-33(7)16-34(8)24-38/h9-26H,1-8H3. The molecule has 4 heteroatoms. The Morgan fingerprint density at radius 3 is 0.826 bits per heavy atom. The van der Waals surface area contributed by atoms with Crippen LogP contribution in [0.15, 0.2) is 110 Å². The lowest BCUT2D eigenvalue weighted by molar-refractivity contribution is 1.31. The van der Waals surface area contributed by atoms with Gasteiger partial charge < -0.3 is 0 Å². The van der Waals surface area contributed by atoms with Gasteiger partial charge in [0.15, 0.2) is 0 Å². The fraction of sp³-hybridized carbons (Fsp3) is 0.190. The highest BCUT2D eigenvalue weighted by molar-refractivity contribution is 7.80. The van der Waals surface area contributed by atoms with Crippen molar-refractivity contribution in [2.24, 2.45) is 0 Å². The van der Waals surface area contributed by atoms with Crippen molar-refractivity contribution in [3.05, 3.63) is 154 Å². The van der Waals surface area contributed by atoms with Crippen molar-refractivity contribution in [2.45, 2.75) is 55.4 Å². The van der Waals surface area contributed by atoms with Crippen LogP contribution in [0.5, 0.6) is 0 Å². The summed E-state index contributed by atoms with van der Waals surface area (Å²) in [6, 6.07) is 32.6. The van der Waals surface area contributed by atoms with Crippen molar-refractivity contribution in [3.63, 3.8) is 0 Å². The molecule has 2 heterocycles. The van der Waals surface area contributed by atoms with Crippen LogP contribution < -0.4 is 31.8 Å². The Morgan fingerprint density at radius 2 is 0.587 bits per heavy atom. The van der Waals surface area contributed by atoms with E-state index in [1.165, 1.54) is 76.3 Å². The molecule has 0 amide bonds. The molecule has 0 bridgehead atoms. The first-order chi connectivity index (χ1) is 22.0. The molecule has 2 aromatic heterocycles. The van der Waals surface area contributed by atoms with E-state index in [-0.39, 0.29) is 0 Å². The van der Waals surface area contributed by atoms with Crippen molar-refractivity contribution in [2.75, 3.05) is 0 Å². The normalized spacial score (nSPS) is 11.4. The van der Waals surface area contributed by atoms with E-state index in [0.29, 0.717) is 0 Å². The van der Waals surface area contributed by atoms with Crippen LogP contribution in [0.25, 0.3) is 11.1 Å². The maximum absolute atomic E-state index is 4.75. The second kappa shape index (κ2) is 13.4. The third-order valence-corrected chi connectivity index (χ3v) is 13.1. The van der Waals surface area contributed by atoms with Gasteiger partial charge in [-0.05, 0) is 115 Å². The maximum Gasteiger partial charge on any atom is 0.0353 e. The van der Waals surface area contributed by atoms with Crippen molar-refractivity contribution in [1.82, 2.24) is 9.97 Å². The lowest BCUT2D eigenvalue weighted by atomic mass is 10.1. The van der Waals surface area contributed by atoms with Crippen LogP contribution in [-0.2, 0) is 0 Å². The third kappa shape index (κ3) is 6.90. The molecule has 0 unspecified atom stereocenters. The topological polar surface area (TPSA) is 25.8 Å². The van der Waals surface area contributed by atoms with E-state index in [0.717, 1.165) is 11.1 Å². The molecule has 2 nitrogen and oxygen atoms in total. The van der Waals surface area contributed by atoms with Gasteiger partial charge in [-0.2, -0.15) is 0 Å². The largest absolute Gasteiger partial charge is 0.264 e. The monoisotopic (exact) mass is 636 g/mol. The summed E-state index contributed by atoms with van der Waals surface area (Å²) in [5, 5.41) is 8.07. The van der Waals surface area contributed by atoms with Gasteiger partial charge in [-0.1, -0.05) is 117 Å². The summed E-state index contributed by atoms with van der Waals surface area (Å²) in [6.45, 7) is 17.7. The minimum Gasteiger partial charge on any atom is -0.264 e. The van der Waals surface area contributed by atoms with Crippen LogP contribution in [-0.4, -0.2) is 9.97 Å². The molecule has 0 radical (unpaired) electrons. The number of rotatable bonds is 7. The summed E-state index contributed by atoms with van der Waals surface area (Å²) in [4.78, 5) is 9.51. The Bertz CT molecular complexity index is 1730. The minimum absolute atomic E-state index is 0.877. The van der Waals surface area contributed by atoms with E-state index in [4.69, 9.17) is 9.97 Å². The Hall–Kier alpha value is -3.96. The highest BCUT2D eigenvalue weighted by Gasteiger charge is 2.26. The first-order valence-corrected chi connectivity index (χ1v) is 18.6. The Balaban J connectivity index is 1.64. The molecular weight excluding hydrogens is 594 g/mol. The minimum atomic E-state index is -0.877. The molecule has 0 aliphatic carbocycles. The van der Waals surface area contributed by atoms with Crippen molar-refractivity contribution in [1.29, 1.82) is 0 Å². The lowest BCUT2D eigenvalue weighted by Crippen LogP contribution is -2.27. The SMILES string of the molecule is Cc1cc(C)cc(P(c2cc(C)cc(C)c2)c2ccncc2-c2cnccc2P(c2cc(C)cc(C)c2)c2cc(C)cc(C)c2)c1. The molecule has 0 N–H and O–H groups in total. The van der Waals surface area contributed by atoms with Gasteiger partial charge in [0.2, 0.25) is 0 Å². The van der Waals surface area contributed by atoms with Gasteiger partial charge in [-0.3, -0.25) is 9.97 Å². The van der Waals surface area contributed by atoms with Crippen LogP contribution in [0.1, 0.15) is 44.5 Å².